The van der Waals surface area contributed by atoms with Crippen LogP contribution in [0.4, 0.5) is 42.9 Å². The van der Waals surface area contributed by atoms with Crippen molar-refractivity contribution in [2.75, 3.05) is 31.4 Å². The van der Waals surface area contributed by atoms with Gasteiger partial charge in [-0.15, -0.1) is 0 Å². The Balaban J connectivity index is 0.000000876. The number of methoxy groups -OCH3 is 2. The van der Waals surface area contributed by atoms with Gasteiger partial charge in [0.05, 0.1) is 26.0 Å². The highest BCUT2D eigenvalue weighted by atomic mass is 35.5. The summed E-state index contributed by atoms with van der Waals surface area (Å²) < 4.78 is 78.1. The second kappa shape index (κ2) is 18.5. The van der Waals surface area contributed by atoms with E-state index < -0.39 is 55.1 Å². The molecule has 55 heavy (non-hydrogen) atoms. The van der Waals surface area contributed by atoms with Crippen LogP contribution in [-0.4, -0.2) is 83.7 Å². The summed E-state index contributed by atoms with van der Waals surface area (Å²) in [5, 5.41) is 23.3. The van der Waals surface area contributed by atoms with E-state index in [9.17, 15) is 41.6 Å². The lowest BCUT2D eigenvalue weighted by Gasteiger charge is -2.37. The summed E-state index contributed by atoms with van der Waals surface area (Å²) in [7, 11) is 2.52. The molecule has 2 bridgehead atoms. The minimum Gasteiger partial charge on any atom is -0.475 e. The predicted octanol–water partition coefficient (Wildman–Crippen LogP) is 7.56. The number of alkyl halides is 5. The van der Waals surface area contributed by atoms with Crippen molar-refractivity contribution in [2.45, 2.75) is 69.5 Å². The van der Waals surface area contributed by atoms with Crippen molar-refractivity contribution in [1.82, 2.24) is 14.9 Å². The molecule has 3 atom stereocenters. The first kappa shape index (κ1) is 41.9. The van der Waals surface area contributed by atoms with Crippen LogP contribution in [0.2, 0.25) is 5.02 Å². The number of aliphatic carboxylic acids is 1. The summed E-state index contributed by atoms with van der Waals surface area (Å²) in [4.78, 5) is 56.5. The second-order valence-electron chi connectivity index (χ2n) is 11.9. The number of fused-ring (bicyclic) bond motifs is 4. The number of ether oxygens (including phenoxy) is 4. The Labute approximate surface area is 314 Å². The molecule has 1 unspecified atom stereocenters. The third-order valence-corrected chi connectivity index (χ3v) is 8.65. The molecule has 2 aromatic carbocycles. The molecule has 2 aliphatic rings. The highest BCUT2D eigenvalue weighted by Crippen LogP contribution is 2.40. The van der Waals surface area contributed by atoms with Gasteiger partial charge < -0.3 is 34.4 Å². The van der Waals surface area contributed by atoms with Crippen molar-refractivity contribution in [3.63, 3.8) is 0 Å². The number of nitrogens with one attached hydrogen (secondary N) is 3. The molecule has 1 aromatic heterocycles. The van der Waals surface area contributed by atoms with E-state index in [1.54, 1.807) is 18.2 Å². The molecule has 21 heteroatoms. The zero-order valence-electron chi connectivity index (χ0n) is 29.0. The lowest BCUT2D eigenvalue weighted by Crippen LogP contribution is -2.42. The Bertz CT molecular complexity index is 1920. The van der Waals surface area contributed by atoms with Crippen LogP contribution in [0.1, 0.15) is 67.8 Å². The molecule has 3 heterocycles. The lowest BCUT2D eigenvalue weighted by molar-refractivity contribution is -0.192. The number of H-pyrrole nitrogens is 1. The molecule has 0 radical (unpaired) electrons. The molecule has 1 saturated heterocycles. The number of carbonyl (C=O) groups excluding carboxylic acids is 3. The van der Waals surface area contributed by atoms with Crippen molar-refractivity contribution in [1.29, 1.82) is 5.26 Å². The molecule has 2 aliphatic heterocycles. The van der Waals surface area contributed by atoms with E-state index in [1.165, 1.54) is 37.3 Å². The maximum Gasteiger partial charge on any atom is 0.490 e. The fourth-order valence-electron chi connectivity index (χ4n) is 5.91. The number of carboxylic acids is 1. The molecule has 4 N–H and O–H groups in total. The third kappa shape index (κ3) is 10.9. The van der Waals surface area contributed by atoms with Crippen LogP contribution in [0, 0.1) is 11.3 Å². The first-order chi connectivity index (χ1) is 26.1. The van der Waals surface area contributed by atoms with E-state index >= 15 is 0 Å². The number of halogens is 6. The zero-order chi connectivity index (χ0) is 40.4. The number of nitrogens with zero attached hydrogens (tertiary/aromatic N) is 3. The summed E-state index contributed by atoms with van der Waals surface area (Å²) in [5.74, 6) is -3.04. The van der Waals surface area contributed by atoms with Gasteiger partial charge in [-0.25, -0.2) is 24.2 Å². The quantitative estimate of drug-likeness (QED) is 0.108. The monoisotopic (exact) mass is 800 g/mol. The van der Waals surface area contributed by atoms with Crippen molar-refractivity contribution in [3.05, 3.63) is 58.5 Å². The third-order valence-electron chi connectivity index (χ3n) is 8.41. The zero-order valence-corrected chi connectivity index (χ0v) is 29.8. The van der Waals surface area contributed by atoms with Crippen LogP contribution in [0.3, 0.4) is 0 Å². The molecule has 3 aromatic rings. The number of cyclic esters (lactones) is 1. The van der Waals surface area contributed by atoms with Crippen LogP contribution >= 0.6 is 11.6 Å². The number of aromatic nitrogens is 2. The van der Waals surface area contributed by atoms with Crippen LogP contribution in [0.15, 0.2) is 36.4 Å². The first-order valence-electron chi connectivity index (χ1n) is 16.4. The molecule has 15 nitrogen and oxygen atoms in total. The maximum atomic E-state index is 13.6. The number of amides is 2. The number of anilines is 2. The molecule has 2 amide bonds. The van der Waals surface area contributed by atoms with Gasteiger partial charge in [0.1, 0.15) is 29.8 Å². The number of nitriles is 1. The topological polar surface area (TPSA) is 205 Å². The number of esters is 1. The Morgan fingerprint density at radius 2 is 1.80 bits per heavy atom. The van der Waals surface area contributed by atoms with Crippen molar-refractivity contribution >= 4 is 47.1 Å². The van der Waals surface area contributed by atoms with E-state index in [1.807, 2.05) is 0 Å². The van der Waals surface area contributed by atoms with Gasteiger partial charge in [0, 0.05) is 40.5 Å². The predicted molar refractivity (Wildman–Crippen MR) is 182 cm³/mol. The van der Waals surface area contributed by atoms with Crippen molar-refractivity contribution < 1.29 is 65.2 Å². The second-order valence-corrected chi connectivity index (χ2v) is 12.4. The number of rotatable bonds is 6. The Morgan fingerprint density at radius 3 is 2.42 bits per heavy atom. The van der Waals surface area contributed by atoms with Gasteiger partial charge in [0.15, 0.2) is 5.69 Å². The summed E-state index contributed by atoms with van der Waals surface area (Å²) in [6.45, 7) is -2.90. The number of carboxylic acid groups (broad SMARTS) is 1. The lowest BCUT2D eigenvalue weighted by atomic mass is 10.0. The molecule has 0 aliphatic carbocycles. The van der Waals surface area contributed by atoms with E-state index in [-0.39, 0.29) is 35.0 Å². The molecular formula is C34H34ClF5N6O9. The number of carbonyl (C=O) groups is 4. The smallest absolute Gasteiger partial charge is 0.475 e. The number of aromatic amines is 1. The molecule has 5 rings (SSSR count). The fourth-order valence-corrected chi connectivity index (χ4v) is 6.09. The van der Waals surface area contributed by atoms with Crippen LogP contribution < -0.4 is 15.4 Å². The minimum atomic E-state index is -5.08. The molecule has 1 fully saturated rings. The Kier molecular flexibility index (Phi) is 14.1. The summed E-state index contributed by atoms with van der Waals surface area (Å²) >= 11 is 6.13. The van der Waals surface area contributed by atoms with E-state index in [2.05, 4.69) is 31.4 Å². The molecule has 0 spiro atoms. The average molecular weight is 801 g/mol. The van der Waals surface area contributed by atoms with Gasteiger partial charge in [-0.3, -0.25) is 10.2 Å². The van der Waals surface area contributed by atoms with Crippen molar-refractivity contribution in [3.8, 4) is 23.1 Å². The number of benzene rings is 2. The number of hydrogen-bond donors (Lipinski definition) is 4. The summed E-state index contributed by atoms with van der Waals surface area (Å²) in [5.41, 5.74) is 1.83. The highest BCUT2D eigenvalue weighted by molar-refractivity contribution is 6.30. The van der Waals surface area contributed by atoms with E-state index in [0.29, 0.717) is 60.6 Å². The number of hydrogen-bond acceptors (Lipinski definition) is 11. The molecular weight excluding hydrogens is 767 g/mol. The van der Waals surface area contributed by atoms with Gasteiger partial charge in [-0.1, -0.05) is 30.9 Å². The van der Waals surface area contributed by atoms with Gasteiger partial charge in [-0.2, -0.15) is 27.2 Å². The fraction of sp³-hybridized carbons (Fsp3) is 0.412. The van der Waals surface area contributed by atoms with Gasteiger partial charge in [0.25, 0.3) is 0 Å². The summed E-state index contributed by atoms with van der Waals surface area (Å²) in [6, 6.07) is 9.73. The Morgan fingerprint density at radius 1 is 1.09 bits per heavy atom. The Hall–Kier alpha value is -5.84. The molecule has 296 valence electrons. The van der Waals surface area contributed by atoms with Crippen LogP contribution in [-0.2, 0) is 23.8 Å². The van der Waals surface area contributed by atoms with Crippen molar-refractivity contribution in [2.24, 2.45) is 0 Å². The van der Waals surface area contributed by atoms with Gasteiger partial charge in [0.2, 0.25) is 0 Å². The SMILES string of the molecule is COC(=O)Nc1ccc2c(c1)N[C@@H](C(=O)OC)CCCCC[C@H](N1CCC(c3cc(Cl)ccc3OC(F)F)OC1=O)c1nc(C#N)c-2[nH]1.O=C(O)C(F)(F)F. The molecule has 0 saturated carbocycles. The van der Waals surface area contributed by atoms with Crippen LogP contribution in [0.5, 0.6) is 5.75 Å². The normalized spacial score (nSPS) is 18.6. The van der Waals surface area contributed by atoms with E-state index in [4.69, 9.17) is 35.7 Å². The summed E-state index contributed by atoms with van der Waals surface area (Å²) in [6.07, 6.45) is -4.32. The van der Waals surface area contributed by atoms with Crippen LogP contribution in [0.25, 0.3) is 11.3 Å². The van der Waals surface area contributed by atoms with E-state index in [0.717, 1.165) is 0 Å². The first-order valence-corrected chi connectivity index (χ1v) is 16.8. The standard InChI is InChI=1S/C32H33ClF2N6O7.C2HF3O2/c1-45-29(42)21-6-4-3-5-7-24(41-13-12-26(48-32(41)44)20-14-17(33)8-11-25(20)47-30(34)35)28-39-23(16-36)27(40-28)19-10-9-18(15-22(19)38-21)37-31(43)46-2;3-2(4,5)1(6)7/h8-11,14-15,21,24,26,30,38H,3-7,12-13H2,1-2H3,(H,37,43)(H,39,40);(H,6,7)/t21-,24+,26?;/m1./s1. The number of imidazole rings is 1. The van der Waals surface area contributed by atoms with Gasteiger partial charge >= 0.3 is 36.9 Å². The average Bonchev–Trinajstić information content (AvgIpc) is 3.57. The van der Waals surface area contributed by atoms with Gasteiger partial charge in [-0.05, 0) is 49.2 Å². The largest absolute Gasteiger partial charge is 0.490 e. The highest BCUT2D eigenvalue weighted by Gasteiger charge is 2.39. The minimum absolute atomic E-state index is 0.0365. The maximum absolute atomic E-state index is 13.6.